The highest BCUT2D eigenvalue weighted by molar-refractivity contribution is 8.00. The summed E-state index contributed by atoms with van der Waals surface area (Å²) in [5, 5.41) is 8.99. The van der Waals surface area contributed by atoms with Crippen LogP contribution in [0.25, 0.3) is 0 Å². The van der Waals surface area contributed by atoms with E-state index in [2.05, 4.69) is 4.72 Å². The summed E-state index contributed by atoms with van der Waals surface area (Å²) in [4.78, 5) is 0. The molecule has 108 valence electrons. The van der Waals surface area contributed by atoms with Crippen LogP contribution in [0.1, 0.15) is 30.4 Å². The minimum atomic E-state index is -3.40. The van der Waals surface area contributed by atoms with Crippen molar-refractivity contribution >= 4 is 21.8 Å². The fourth-order valence-electron chi connectivity index (χ4n) is 2.28. The molecule has 1 aliphatic rings. The zero-order chi connectivity index (χ0) is 14.6. The molecule has 4 nitrogen and oxygen atoms in total. The zero-order valence-corrected chi connectivity index (χ0v) is 13.1. The van der Waals surface area contributed by atoms with Crippen molar-refractivity contribution in [2.45, 2.75) is 29.8 Å². The molecule has 6 heteroatoms. The van der Waals surface area contributed by atoms with Gasteiger partial charge in [0.2, 0.25) is 10.0 Å². The summed E-state index contributed by atoms with van der Waals surface area (Å²) in [6.07, 6.45) is 5.31. The number of benzene rings is 1. The van der Waals surface area contributed by atoms with Gasteiger partial charge in [-0.2, -0.15) is 17.0 Å². The third-order valence-electron chi connectivity index (χ3n) is 3.80. The molecule has 1 fully saturated rings. The second-order valence-corrected chi connectivity index (χ2v) is 8.17. The molecule has 1 aromatic rings. The molecular formula is C14H18N2O2S2. The van der Waals surface area contributed by atoms with E-state index in [1.54, 1.807) is 36.0 Å². The van der Waals surface area contributed by atoms with Gasteiger partial charge in [-0.05, 0) is 30.7 Å². The van der Waals surface area contributed by atoms with Gasteiger partial charge in [-0.25, -0.2) is 13.1 Å². The Morgan fingerprint density at radius 1 is 1.40 bits per heavy atom. The molecule has 0 aliphatic heterocycles. The lowest BCUT2D eigenvalue weighted by atomic mass is 9.84. The summed E-state index contributed by atoms with van der Waals surface area (Å²) >= 11 is 1.73. The summed E-state index contributed by atoms with van der Waals surface area (Å²) in [6.45, 7) is 0.477. The molecule has 20 heavy (non-hydrogen) atoms. The molecule has 0 bridgehead atoms. The third kappa shape index (κ3) is 3.54. The summed E-state index contributed by atoms with van der Waals surface area (Å²) < 4.78 is 27.0. The molecule has 0 saturated heterocycles. The van der Waals surface area contributed by atoms with Crippen molar-refractivity contribution in [3.8, 4) is 6.07 Å². The highest BCUT2D eigenvalue weighted by Crippen LogP contribution is 2.42. The van der Waals surface area contributed by atoms with Gasteiger partial charge >= 0.3 is 0 Å². The lowest BCUT2D eigenvalue weighted by Crippen LogP contribution is -2.45. The first-order valence-electron chi connectivity index (χ1n) is 6.51. The van der Waals surface area contributed by atoms with Gasteiger partial charge in [0.05, 0.1) is 17.4 Å². The first kappa shape index (κ1) is 15.4. The van der Waals surface area contributed by atoms with Crippen molar-refractivity contribution in [2.75, 3.05) is 12.8 Å². The lowest BCUT2D eigenvalue weighted by Gasteiger charge is -2.40. The van der Waals surface area contributed by atoms with Crippen molar-refractivity contribution in [1.29, 1.82) is 5.26 Å². The van der Waals surface area contributed by atoms with Crippen LogP contribution in [0.5, 0.6) is 0 Å². The first-order chi connectivity index (χ1) is 9.50. The monoisotopic (exact) mass is 310 g/mol. The summed E-state index contributed by atoms with van der Waals surface area (Å²) in [6, 6.07) is 8.84. The molecule has 1 N–H and O–H groups in total. The predicted molar refractivity (Wildman–Crippen MR) is 81.9 cm³/mol. The van der Waals surface area contributed by atoms with E-state index in [4.69, 9.17) is 5.26 Å². The molecule has 0 unspecified atom stereocenters. The minimum Gasteiger partial charge on any atom is -0.214 e. The highest BCUT2D eigenvalue weighted by Gasteiger charge is 2.36. The van der Waals surface area contributed by atoms with Crippen LogP contribution >= 0.6 is 11.8 Å². The van der Waals surface area contributed by atoms with Gasteiger partial charge in [0.15, 0.2) is 0 Å². The van der Waals surface area contributed by atoms with Gasteiger partial charge in [0.25, 0.3) is 0 Å². The Hall–Kier alpha value is -1.03. The summed E-state index contributed by atoms with van der Waals surface area (Å²) in [5.74, 6) is -0.138. The number of hydrogen-bond donors (Lipinski definition) is 1. The van der Waals surface area contributed by atoms with Gasteiger partial charge in [0.1, 0.15) is 0 Å². The van der Waals surface area contributed by atoms with E-state index >= 15 is 0 Å². The quantitative estimate of drug-likeness (QED) is 0.875. The Bertz CT molecular complexity index is 611. The molecule has 0 spiro atoms. The lowest BCUT2D eigenvalue weighted by molar-refractivity contribution is 0.361. The van der Waals surface area contributed by atoms with E-state index in [1.165, 1.54) is 6.42 Å². The number of nitrogens with one attached hydrogen (secondary N) is 1. The van der Waals surface area contributed by atoms with Gasteiger partial charge in [-0.3, -0.25) is 0 Å². The maximum Gasteiger partial charge on any atom is 0.215 e. The number of sulfonamides is 1. The SMILES string of the molecule is CSC1(CNS(=O)(=O)Cc2ccccc2C#N)CCC1. The van der Waals surface area contributed by atoms with Gasteiger partial charge < -0.3 is 0 Å². The first-order valence-corrected chi connectivity index (χ1v) is 9.38. The largest absolute Gasteiger partial charge is 0.215 e. The van der Waals surface area contributed by atoms with E-state index in [-0.39, 0.29) is 10.5 Å². The third-order valence-corrected chi connectivity index (χ3v) is 6.49. The van der Waals surface area contributed by atoms with Crippen LogP contribution in [0, 0.1) is 11.3 Å². The van der Waals surface area contributed by atoms with E-state index in [0.29, 0.717) is 17.7 Å². The molecule has 0 heterocycles. The highest BCUT2D eigenvalue weighted by atomic mass is 32.2. The number of rotatable bonds is 6. The molecule has 1 aliphatic carbocycles. The topological polar surface area (TPSA) is 70.0 Å². The molecule has 0 amide bonds. The molecule has 1 aromatic carbocycles. The fourth-order valence-corrected chi connectivity index (χ4v) is 4.54. The Morgan fingerprint density at radius 2 is 2.10 bits per heavy atom. The van der Waals surface area contributed by atoms with Crippen molar-refractivity contribution in [1.82, 2.24) is 4.72 Å². The maximum atomic E-state index is 12.1. The van der Waals surface area contributed by atoms with Crippen LogP contribution in [0.4, 0.5) is 0 Å². The van der Waals surface area contributed by atoms with Crippen LogP contribution in [0.2, 0.25) is 0 Å². The van der Waals surface area contributed by atoms with Crippen LogP contribution < -0.4 is 4.72 Å². The van der Waals surface area contributed by atoms with Crippen LogP contribution in [-0.2, 0) is 15.8 Å². The Labute approximate surface area is 124 Å². The molecule has 0 atom stereocenters. The van der Waals surface area contributed by atoms with Crippen molar-refractivity contribution in [3.05, 3.63) is 35.4 Å². The van der Waals surface area contributed by atoms with Gasteiger partial charge in [-0.15, -0.1) is 0 Å². The van der Waals surface area contributed by atoms with Crippen LogP contribution in [0.15, 0.2) is 24.3 Å². The van der Waals surface area contributed by atoms with E-state index in [9.17, 15) is 8.42 Å². The van der Waals surface area contributed by atoms with Crippen molar-refractivity contribution < 1.29 is 8.42 Å². The Morgan fingerprint density at radius 3 is 2.65 bits per heavy atom. The Balaban J connectivity index is 2.03. The standard InChI is InChI=1S/C14H18N2O2S2/c1-19-14(7-4-8-14)11-16-20(17,18)10-13-6-3-2-5-12(13)9-15/h2-3,5-6,16H,4,7-8,10-11H2,1H3. The molecule has 2 rings (SSSR count). The second kappa shape index (κ2) is 6.17. The van der Waals surface area contributed by atoms with E-state index < -0.39 is 10.0 Å². The van der Waals surface area contributed by atoms with Gasteiger partial charge in [-0.1, -0.05) is 24.6 Å². The maximum absolute atomic E-state index is 12.1. The normalized spacial score (nSPS) is 17.2. The number of hydrogen-bond acceptors (Lipinski definition) is 4. The van der Waals surface area contributed by atoms with E-state index in [1.807, 2.05) is 12.3 Å². The van der Waals surface area contributed by atoms with Crippen LogP contribution in [0.3, 0.4) is 0 Å². The zero-order valence-electron chi connectivity index (χ0n) is 11.4. The number of nitriles is 1. The average Bonchev–Trinajstić information content (AvgIpc) is 2.38. The smallest absolute Gasteiger partial charge is 0.214 e. The van der Waals surface area contributed by atoms with E-state index in [0.717, 1.165) is 12.8 Å². The molecule has 0 radical (unpaired) electrons. The van der Waals surface area contributed by atoms with Gasteiger partial charge in [0, 0.05) is 11.3 Å². The average molecular weight is 310 g/mol. The Kier molecular flexibility index (Phi) is 4.74. The summed E-state index contributed by atoms with van der Waals surface area (Å²) in [5.41, 5.74) is 0.968. The second-order valence-electron chi connectivity index (χ2n) is 5.09. The molecular weight excluding hydrogens is 292 g/mol. The fraction of sp³-hybridized carbons (Fsp3) is 0.500. The van der Waals surface area contributed by atoms with Crippen molar-refractivity contribution in [3.63, 3.8) is 0 Å². The number of thioether (sulfide) groups is 1. The summed E-state index contributed by atoms with van der Waals surface area (Å²) in [7, 11) is -3.40. The molecule has 1 saturated carbocycles. The van der Waals surface area contributed by atoms with Crippen molar-refractivity contribution in [2.24, 2.45) is 0 Å². The minimum absolute atomic E-state index is 0.0712. The molecule has 0 aromatic heterocycles. The van der Waals surface area contributed by atoms with Crippen LogP contribution in [-0.4, -0.2) is 26.0 Å². The number of nitrogens with zero attached hydrogens (tertiary/aromatic N) is 1. The predicted octanol–water partition coefficient (Wildman–Crippen LogP) is 2.26.